The Morgan fingerprint density at radius 2 is 0.786 bits per heavy atom. The molecule has 0 aliphatic heterocycles. The van der Waals surface area contributed by atoms with Crippen LogP contribution in [0.25, 0.3) is 16.7 Å². The first kappa shape index (κ1) is 48.0. The lowest BCUT2D eigenvalue weighted by atomic mass is 9.70. The van der Waals surface area contributed by atoms with Gasteiger partial charge in [-0.15, -0.1) is 15.0 Å². The first-order valence-corrected chi connectivity index (χ1v) is 24.6. The zero-order valence-corrected chi connectivity index (χ0v) is 37.9. The van der Waals surface area contributed by atoms with Crippen LogP contribution in [-0.4, -0.2) is 20.1 Å². The Kier molecular flexibility index (Phi) is 24.1. The SMILES string of the molecule is CCCCCC(CCCCC)(CCCCC)CCCCc1cc(CCCCC(CCCCC)(CCCCC)CCCCC)c(O)c(-n2nc3ccccc3n2)c1. The maximum absolute atomic E-state index is 11.9. The zero-order valence-electron chi connectivity index (χ0n) is 37.9. The fourth-order valence-electron chi connectivity index (χ4n) is 9.84. The van der Waals surface area contributed by atoms with Crippen LogP contribution in [0.3, 0.4) is 0 Å². The second kappa shape index (κ2) is 28.1. The molecule has 2 aromatic carbocycles. The number of phenols is 1. The van der Waals surface area contributed by atoms with Gasteiger partial charge in [0, 0.05) is 0 Å². The number of aryl methyl sites for hydroxylation is 2. The summed E-state index contributed by atoms with van der Waals surface area (Å²) in [6.45, 7) is 14.1. The van der Waals surface area contributed by atoms with Crippen molar-refractivity contribution in [2.24, 2.45) is 10.8 Å². The van der Waals surface area contributed by atoms with E-state index in [1.54, 1.807) is 4.80 Å². The summed E-state index contributed by atoms with van der Waals surface area (Å²) in [6, 6.07) is 12.6. The first-order valence-electron chi connectivity index (χ1n) is 24.6. The number of phenolic OH excluding ortho intramolecular Hbond substituents is 1. The highest BCUT2D eigenvalue weighted by Gasteiger charge is 2.29. The van der Waals surface area contributed by atoms with Crippen LogP contribution in [-0.2, 0) is 12.8 Å². The predicted molar refractivity (Wildman–Crippen MR) is 245 cm³/mol. The van der Waals surface area contributed by atoms with Crippen LogP contribution in [0.5, 0.6) is 5.75 Å². The average molecular weight is 772 g/mol. The molecule has 0 fully saturated rings. The third-order valence-corrected chi connectivity index (χ3v) is 13.4. The molecule has 0 spiro atoms. The van der Waals surface area contributed by atoms with Gasteiger partial charge in [0.1, 0.15) is 22.5 Å². The van der Waals surface area contributed by atoms with E-state index in [4.69, 9.17) is 10.2 Å². The van der Waals surface area contributed by atoms with Gasteiger partial charge in [0.15, 0.2) is 0 Å². The third-order valence-electron chi connectivity index (χ3n) is 13.4. The van der Waals surface area contributed by atoms with Gasteiger partial charge in [-0.1, -0.05) is 188 Å². The van der Waals surface area contributed by atoms with Crippen LogP contribution < -0.4 is 0 Å². The highest BCUT2D eigenvalue weighted by Crippen LogP contribution is 2.43. The molecule has 0 saturated carbocycles. The van der Waals surface area contributed by atoms with E-state index in [2.05, 4.69) is 53.7 Å². The third kappa shape index (κ3) is 16.9. The topological polar surface area (TPSA) is 50.9 Å². The average Bonchev–Trinajstić information content (AvgIpc) is 3.64. The fourth-order valence-corrected chi connectivity index (χ4v) is 9.84. The molecule has 0 radical (unpaired) electrons. The van der Waals surface area contributed by atoms with Crippen molar-refractivity contribution < 1.29 is 5.11 Å². The number of aromatic hydroxyl groups is 1. The van der Waals surface area contributed by atoms with Crippen LogP contribution in [0.2, 0.25) is 0 Å². The van der Waals surface area contributed by atoms with E-state index in [0.717, 1.165) is 41.5 Å². The minimum atomic E-state index is 0.371. The molecule has 0 unspecified atom stereocenters. The van der Waals surface area contributed by atoms with Gasteiger partial charge in [-0.3, -0.25) is 0 Å². The molecule has 3 rings (SSSR count). The minimum absolute atomic E-state index is 0.371. The molecular weight excluding hydrogens is 683 g/mol. The Bertz CT molecular complexity index is 1340. The van der Waals surface area contributed by atoms with Crippen molar-refractivity contribution in [1.82, 2.24) is 15.0 Å². The summed E-state index contributed by atoms with van der Waals surface area (Å²) < 4.78 is 0. The van der Waals surface area contributed by atoms with Gasteiger partial charge in [-0.05, 0) is 117 Å². The molecular formula is C52H89N3O. The molecule has 0 saturated heterocycles. The molecule has 0 amide bonds. The lowest BCUT2D eigenvalue weighted by molar-refractivity contribution is 0.173. The number of benzene rings is 2. The predicted octanol–water partition coefficient (Wildman–Crippen LogP) is 17.0. The molecule has 0 bridgehead atoms. The van der Waals surface area contributed by atoms with E-state index in [9.17, 15) is 5.11 Å². The molecule has 0 aliphatic carbocycles. The van der Waals surface area contributed by atoms with Crippen molar-refractivity contribution in [1.29, 1.82) is 0 Å². The summed E-state index contributed by atoms with van der Waals surface area (Å²) >= 11 is 0. The van der Waals surface area contributed by atoms with Crippen molar-refractivity contribution in [3.63, 3.8) is 0 Å². The molecule has 4 heteroatoms. The van der Waals surface area contributed by atoms with Crippen molar-refractivity contribution >= 4 is 11.0 Å². The summed E-state index contributed by atoms with van der Waals surface area (Å²) in [5.41, 5.74) is 5.91. The number of nitrogens with zero attached hydrogens (tertiary/aromatic N) is 3. The van der Waals surface area contributed by atoms with Crippen molar-refractivity contribution in [3.8, 4) is 11.4 Å². The van der Waals surface area contributed by atoms with E-state index in [-0.39, 0.29) is 0 Å². The van der Waals surface area contributed by atoms with E-state index in [1.165, 1.54) is 192 Å². The van der Waals surface area contributed by atoms with Crippen LogP contribution in [0.4, 0.5) is 0 Å². The van der Waals surface area contributed by atoms with Gasteiger partial charge >= 0.3 is 0 Å². The van der Waals surface area contributed by atoms with Crippen LogP contribution in [0, 0.1) is 10.8 Å². The monoisotopic (exact) mass is 772 g/mol. The van der Waals surface area contributed by atoms with Crippen molar-refractivity contribution in [3.05, 3.63) is 47.5 Å². The number of unbranched alkanes of at least 4 members (excludes halogenated alkanes) is 14. The summed E-state index contributed by atoms with van der Waals surface area (Å²) in [5.74, 6) is 0.371. The first-order chi connectivity index (χ1) is 27.4. The molecule has 1 aromatic heterocycles. The number of fused-ring (bicyclic) bond motifs is 1. The highest BCUT2D eigenvalue weighted by molar-refractivity contribution is 5.73. The smallest absolute Gasteiger partial charge is 0.146 e. The molecule has 318 valence electrons. The summed E-state index contributed by atoms with van der Waals surface area (Å²) in [5, 5.41) is 21.6. The van der Waals surface area contributed by atoms with Crippen LogP contribution in [0.1, 0.15) is 245 Å². The summed E-state index contributed by atoms with van der Waals surface area (Å²) in [4.78, 5) is 1.70. The van der Waals surface area contributed by atoms with E-state index >= 15 is 0 Å². The second-order valence-corrected chi connectivity index (χ2v) is 18.3. The molecule has 0 aliphatic rings. The van der Waals surface area contributed by atoms with E-state index < -0.39 is 0 Å². The molecule has 1 N–H and O–H groups in total. The van der Waals surface area contributed by atoms with Crippen LogP contribution in [0.15, 0.2) is 36.4 Å². The number of aromatic nitrogens is 3. The van der Waals surface area contributed by atoms with Crippen molar-refractivity contribution in [2.75, 3.05) is 0 Å². The van der Waals surface area contributed by atoms with Gasteiger partial charge < -0.3 is 5.11 Å². The minimum Gasteiger partial charge on any atom is -0.505 e. The Morgan fingerprint density at radius 1 is 0.446 bits per heavy atom. The summed E-state index contributed by atoms with van der Waals surface area (Å²) in [6.07, 6.45) is 42.3. The standard InChI is InChI=1S/C52H89N3O/c1-7-13-23-35-51(36-24-14-8-2,37-25-15-9-3)41-29-21-31-45-43-46(50(56)49(44-45)55-53-47-33-19-20-34-48(47)54-55)32-22-30-42-52(38-26-16-10-4,39-27-17-11-5)40-28-18-12-6/h19-20,33-34,43-44,56H,7-18,21-32,35-42H2,1-6H3. The molecule has 0 atom stereocenters. The fraction of sp³-hybridized carbons (Fsp3) is 0.769. The normalized spacial score (nSPS) is 12.3. The van der Waals surface area contributed by atoms with E-state index in [1.807, 2.05) is 24.3 Å². The summed E-state index contributed by atoms with van der Waals surface area (Å²) in [7, 11) is 0. The molecule has 1 heterocycles. The maximum atomic E-state index is 11.9. The second-order valence-electron chi connectivity index (χ2n) is 18.3. The quantitative estimate of drug-likeness (QED) is 0.0606. The van der Waals surface area contributed by atoms with E-state index in [0.29, 0.717) is 16.6 Å². The lowest BCUT2D eigenvalue weighted by Crippen LogP contribution is -2.21. The molecule has 4 nitrogen and oxygen atoms in total. The zero-order chi connectivity index (χ0) is 40.3. The highest BCUT2D eigenvalue weighted by atomic mass is 16.3. The largest absolute Gasteiger partial charge is 0.505 e. The number of rotatable bonds is 35. The van der Waals surface area contributed by atoms with Gasteiger partial charge in [-0.2, -0.15) is 0 Å². The Morgan fingerprint density at radius 3 is 1.14 bits per heavy atom. The number of hydrogen-bond acceptors (Lipinski definition) is 3. The van der Waals surface area contributed by atoms with Gasteiger partial charge in [0.05, 0.1) is 0 Å². The Hall–Kier alpha value is -2.36. The Labute approximate surface area is 346 Å². The van der Waals surface area contributed by atoms with Gasteiger partial charge in [-0.25, -0.2) is 0 Å². The van der Waals surface area contributed by atoms with Gasteiger partial charge in [0.25, 0.3) is 0 Å². The number of hydrogen-bond donors (Lipinski definition) is 1. The Balaban J connectivity index is 1.81. The maximum Gasteiger partial charge on any atom is 0.146 e. The van der Waals surface area contributed by atoms with Gasteiger partial charge in [0.2, 0.25) is 0 Å². The molecule has 56 heavy (non-hydrogen) atoms. The molecule has 3 aromatic rings. The van der Waals surface area contributed by atoms with Crippen molar-refractivity contribution in [2.45, 2.75) is 247 Å². The van der Waals surface area contributed by atoms with Crippen LogP contribution >= 0.6 is 0 Å². The lowest BCUT2D eigenvalue weighted by Gasteiger charge is -2.35.